The third kappa shape index (κ3) is 3.78. The fourth-order valence-corrected chi connectivity index (χ4v) is 4.16. The van der Waals surface area contributed by atoms with Crippen LogP contribution in [0.3, 0.4) is 0 Å². The van der Waals surface area contributed by atoms with Gasteiger partial charge < -0.3 is 10.2 Å². The molecular formula is C19H25N3OS. The minimum atomic E-state index is 0.165. The second kappa shape index (κ2) is 7.79. The van der Waals surface area contributed by atoms with Crippen LogP contribution in [0.4, 0.5) is 10.8 Å². The Morgan fingerprint density at radius 2 is 1.88 bits per heavy atom. The number of benzene rings is 1. The van der Waals surface area contributed by atoms with Gasteiger partial charge >= 0.3 is 0 Å². The van der Waals surface area contributed by atoms with Crippen LogP contribution in [0.2, 0.25) is 0 Å². The molecule has 1 heterocycles. The van der Waals surface area contributed by atoms with Gasteiger partial charge in [-0.25, -0.2) is 4.98 Å². The summed E-state index contributed by atoms with van der Waals surface area (Å²) in [6.45, 7) is 6.23. The molecule has 0 bridgehead atoms. The van der Waals surface area contributed by atoms with E-state index in [0.717, 1.165) is 48.0 Å². The first kappa shape index (κ1) is 17.0. The molecule has 0 spiro atoms. The van der Waals surface area contributed by atoms with Gasteiger partial charge in [-0.1, -0.05) is 25.0 Å². The Morgan fingerprint density at radius 3 is 2.50 bits per heavy atom. The van der Waals surface area contributed by atoms with E-state index in [2.05, 4.69) is 29.4 Å². The highest BCUT2D eigenvalue weighted by molar-refractivity contribution is 7.14. The molecule has 1 aliphatic carbocycles. The van der Waals surface area contributed by atoms with Crippen molar-refractivity contribution in [2.24, 2.45) is 5.92 Å². The first-order valence-corrected chi connectivity index (χ1v) is 9.71. The fraction of sp³-hybridized carbons (Fsp3) is 0.474. The van der Waals surface area contributed by atoms with Gasteiger partial charge in [0, 0.05) is 35.6 Å². The standard InChI is InChI=1S/C19H25N3OS/c1-3-22(4-2)19-21-17(13-24-19)14-9-11-16(12-10-14)20-18(23)15-7-5-6-8-15/h9-13,15H,3-8H2,1-2H3,(H,20,23). The maximum Gasteiger partial charge on any atom is 0.227 e. The summed E-state index contributed by atoms with van der Waals surface area (Å²) >= 11 is 1.68. The van der Waals surface area contributed by atoms with E-state index in [-0.39, 0.29) is 11.8 Å². The van der Waals surface area contributed by atoms with Crippen molar-refractivity contribution in [3.05, 3.63) is 29.6 Å². The lowest BCUT2D eigenvalue weighted by atomic mass is 10.1. The molecule has 24 heavy (non-hydrogen) atoms. The molecule has 0 saturated heterocycles. The molecule has 0 atom stereocenters. The normalized spacial score (nSPS) is 14.8. The van der Waals surface area contributed by atoms with E-state index in [0.29, 0.717) is 0 Å². The van der Waals surface area contributed by atoms with E-state index in [1.165, 1.54) is 12.8 Å². The zero-order valence-electron chi connectivity index (χ0n) is 14.4. The molecule has 1 fully saturated rings. The van der Waals surface area contributed by atoms with Crippen LogP contribution in [0.5, 0.6) is 0 Å². The van der Waals surface area contributed by atoms with Crippen LogP contribution in [-0.4, -0.2) is 24.0 Å². The topological polar surface area (TPSA) is 45.2 Å². The first-order chi connectivity index (χ1) is 11.7. The Bertz CT molecular complexity index is 670. The second-order valence-electron chi connectivity index (χ2n) is 6.24. The summed E-state index contributed by atoms with van der Waals surface area (Å²) < 4.78 is 0. The fourth-order valence-electron chi connectivity index (χ4n) is 3.19. The Labute approximate surface area is 147 Å². The number of anilines is 2. The molecule has 1 N–H and O–H groups in total. The molecule has 0 radical (unpaired) electrons. The molecule has 1 aromatic carbocycles. The maximum absolute atomic E-state index is 12.2. The summed E-state index contributed by atoms with van der Waals surface area (Å²) in [4.78, 5) is 19.2. The number of hydrogen-bond acceptors (Lipinski definition) is 4. The zero-order valence-corrected chi connectivity index (χ0v) is 15.2. The smallest absolute Gasteiger partial charge is 0.227 e. The number of nitrogens with one attached hydrogen (secondary N) is 1. The molecule has 4 nitrogen and oxygen atoms in total. The molecule has 3 rings (SSSR count). The molecular weight excluding hydrogens is 318 g/mol. The SMILES string of the molecule is CCN(CC)c1nc(-c2ccc(NC(=O)C3CCCC3)cc2)cs1. The van der Waals surface area contributed by atoms with Crippen molar-refractivity contribution >= 4 is 28.1 Å². The highest BCUT2D eigenvalue weighted by Crippen LogP contribution is 2.29. The van der Waals surface area contributed by atoms with E-state index in [9.17, 15) is 4.79 Å². The number of amides is 1. The monoisotopic (exact) mass is 343 g/mol. The number of nitrogens with zero attached hydrogens (tertiary/aromatic N) is 2. The largest absolute Gasteiger partial charge is 0.349 e. The van der Waals surface area contributed by atoms with Gasteiger partial charge in [0.1, 0.15) is 0 Å². The second-order valence-corrected chi connectivity index (χ2v) is 7.07. The van der Waals surface area contributed by atoms with Crippen LogP contribution in [0, 0.1) is 5.92 Å². The van der Waals surface area contributed by atoms with Gasteiger partial charge in [-0.15, -0.1) is 11.3 Å². The van der Waals surface area contributed by atoms with Gasteiger partial charge in [-0.05, 0) is 38.8 Å². The van der Waals surface area contributed by atoms with Crippen molar-refractivity contribution in [3.8, 4) is 11.3 Å². The predicted molar refractivity (Wildman–Crippen MR) is 102 cm³/mol. The highest BCUT2D eigenvalue weighted by atomic mass is 32.1. The summed E-state index contributed by atoms with van der Waals surface area (Å²) in [6, 6.07) is 8.01. The lowest BCUT2D eigenvalue weighted by molar-refractivity contribution is -0.119. The third-order valence-electron chi connectivity index (χ3n) is 4.70. The Morgan fingerprint density at radius 1 is 1.21 bits per heavy atom. The number of aromatic nitrogens is 1. The summed E-state index contributed by atoms with van der Waals surface area (Å²) in [6.07, 6.45) is 4.40. The van der Waals surface area contributed by atoms with Crippen molar-refractivity contribution in [1.29, 1.82) is 0 Å². The lowest BCUT2D eigenvalue weighted by Gasteiger charge is -2.16. The third-order valence-corrected chi connectivity index (χ3v) is 5.60. The molecule has 1 aromatic heterocycles. The van der Waals surface area contributed by atoms with E-state index in [1.54, 1.807) is 11.3 Å². The molecule has 1 aliphatic rings. The number of hydrogen-bond donors (Lipinski definition) is 1. The summed E-state index contributed by atoms with van der Waals surface area (Å²) in [5.41, 5.74) is 2.95. The van der Waals surface area contributed by atoms with Crippen LogP contribution in [0.25, 0.3) is 11.3 Å². The molecule has 0 aliphatic heterocycles. The van der Waals surface area contributed by atoms with Crippen LogP contribution in [0.1, 0.15) is 39.5 Å². The van der Waals surface area contributed by atoms with Crippen LogP contribution in [0.15, 0.2) is 29.6 Å². The van der Waals surface area contributed by atoms with E-state index in [4.69, 9.17) is 4.98 Å². The highest BCUT2D eigenvalue weighted by Gasteiger charge is 2.22. The Hall–Kier alpha value is -1.88. The van der Waals surface area contributed by atoms with Crippen molar-refractivity contribution in [3.63, 3.8) is 0 Å². The van der Waals surface area contributed by atoms with Crippen molar-refractivity contribution in [2.45, 2.75) is 39.5 Å². The average Bonchev–Trinajstić information content (AvgIpc) is 3.29. The number of thiazole rings is 1. The molecule has 5 heteroatoms. The van der Waals surface area contributed by atoms with Crippen molar-refractivity contribution < 1.29 is 4.79 Å². The Kier molecular flexibility index (Phi) is 5.51. The van der Waals surface area contributed by atoms with Crippen LogP contribution >= 0.6 is 11.3 Å². The summed E-state index contributed by atoms with van der Waals surface area (Å²) in [5.74, 6) is 0.359. The minimum absolute atomic E-state index is 0.165. The molecule has 1 saturated carbocycles. The summed E-state index contributed by atoms with van der Waals surface area (Å²) in [5, 5.41) is 6.20. The van der Waals surface area contributed by atoms with Gasteiger partial charge in [0.15, 0.2) is 5.13 Å². The molecule has 128 valence electrons. The average molecular weight is 343 g/mol. The van der Waals surface area contributed by atoms with E-state index in [1.807, 2.05) is 24.3 Å². The lowest BCUT2D eigenvalue weighted by Crippen LogP contribution is -2.21. The van der Waals surface area contributed by atoms with Gasteiger partial charge in [0.05, 0.1) is 5.69 Å². The van der Waals surface area contributed by atoms with Crippen LogP contribution in [-0.2, 0) is 4.79 Å². The van der Waals surface area contributed by atoms with Gasteiger partial charge in [-0.2, -0.15) is 0 Å². The predicted octanol–water partition coefficient (Wildman–Crippen LogP) is 4.79. The molecule has 1 amide bonds. The zero-order chi connectivity index (χ0) is 16.9. The van der Waals surface area contributed by atoms with Gasteiger partial charge in [0.25, 0.3) is 0 Å². The van der Waals surface area contributed by atoms with Gasteiger partial charge in [0.2, 0.25) is 5.91 Å². The minimum Gasteiger partial charge on any atom is -0.349 e. The van der Waals surface area contributed by atoms with Gasteiger partial charge in [-0.3, -0.25) is 4.79 Å². The van der Waals surface area contributed by atoms with Crippen molar-refractivity contribution in [1.82, 2.24) is 4.98 Å². The quantitative estimate of drug-likeness (QED) is 0.820. The number of carbonyl (C=O) groups excluding carboxylic acids is 1. The van der Waals surface area contributed by atoms with E-state index >= 15 is 0 Å². The Balaban J connectivity index is 1.67. The number of carbonyl (C=O) groups is 1. The van der Waals surface area contributed by atoms with Crippen molar-refractivity contribution in [2.75, 3.05) is 23.3 Å². The van der Waals surface area contributed by atoms with Crippen LogP contribution < -0.4 is 10.2 Å². The number of rotatable bonds is 6. The molecule has 2 aromatic rings. The molecule has 0 unspecified atom stereocenters. The first-order valence-electron chi connectivity index (χ1n) is 8.83. The summed E-state index contributed by atoms with van der Waals surface area (Å²) in [7, 11) is 0. The maximum atomic E-state index is 12.2. The van der Waals surface area contributed by atoms with E-state index < -0.39 is 0 Å².